The van der Waals surface area contributed by atoms with E-state index in [1.165, 1.54) is 0 Å². The third-order valence-corrected chi connectivity index (χ3v) is 2.79. The first-order chi connectivity index (χ1) is 6.65. The lowest BCUT2D eigenvalue weighted by molar-refractivity contribution is 0.0891. The fourth-order valence-corrected chi connectivity index (χ4v) is 1.92. The highest BCUT2D eigenvalue weighted by atomic mass is 16.1. The highest BCUT2D eigenvalue weighted by Gasteiger charge is 2.26. The molecule has 1 aromatic heterocycles. The number of nitrogens with one attached hydrogen (secondary N) is 2. The van der Waals surface area contributed by atoms with E-state index < -0.39 is 0 Å². The molecule has 0 aliphatic heterocycles. The summed E-state index contributed by atoms with van der Waals surface area (Å²) in [7, 11) is 0. The highest BCUT2D eigenvalue weighted by Crippen LogP contribution is 2.26. The van der Waals surface area contributed by atoms with Crippen molar-refractivity contribution < 1.29 is 4.79 Å². The summed E-state index contributed by atoms with van der Waals surface area (Å²) in [5, 5.41) is 3.01. The van der Waals surface area contributed by atoms with Gasteiger partial charge in [0.15, 0.2) is 0 Å². The molecule has 1 amide bonds. The van der Waals surface area contributed by atoms with Crippen LogP contribution in [0.15, 0.2) is 12.1 Å². The number of carbonyl (C=O) groups excluding carboxylic acids is 1. The first kappa shape index (κ1) is 9.31. The molecule has 3 nitrogen and oxygen atoms in total. The first-order valence-corrected chi connectivity index (χ1v) is 5.11. The van der Waals surface area contributed by atoms with Gasteiger partial charge in [-0.2, -0.15) is 0 Å². The Kier molecular flexibility index (Phi) is 2.32. The fraction of sp³-hybridized carbons (Fsp3) is 0.545. The number of aromatic nitrogens is 1. The SMILES string of the molecule is Cc1ccc(C(=O)NC2CC(C)C2)[nH]1. The monoisotopic (exact) mass is 192 g/mol. The average molecular weight is 192 g/mol. The summed E-state index contributed by atoms with van der Waals surface area (Å²) >= 11 is 0. The molecular formula is C11H16N2O. The fourth-order valence-electron chi connectivity index (χ4n) is 1.92. The third kappa shape index (κ3) is 1.81. The molecule has 0 bridgehead atoms. The maximum absolute atomic E-state index is 11.6. The van der Waals surface area contributed by atoms with E-state index in [9.17, 15) is 4.79 Å². The Morgan fingerprint density at radius 2 is 2.21 bits per heavy atom. The summed E-state index contributed by atoms with van der Waals surface area (Å²) in [6.45, 7) is 4.16. The Bertz CT molecular complexity index is 337. The van der Waals surface area contributed by atoms with Crippen LogP contribution in [0.2, 0.25) is 0 Å². The maximum Gasteiger partial charge on any atom is 0.267 e. The zero-order valence-corrected chi connectivity index (χ0v) is 8.63. The Hall–Kier alpha value is -1.25. The van der Waals surface area contributed by atoms with Crippen LogP contribution in [0, 0.1) is 12.8 Å². The van der Waals surface area contributed by atoms with E-state index in [4.69, 9.17) is 0 Å². The van der Waals surface area contributed by atoms with Gasteiger partial charge in [-0.15, -0.1) is 0 Å². The number of hydrogen-bond donors (Lipinski definition) is 2. The van der Waals surface area contributed by atoms with Crippen molar-refractivity contribution in [3.05, 3.63) is 23.5 Å². The predicted molar refractivity (Wildman–Crippen MR) is 55.2 cm³/mol. The molecule has 1 aromatic rings. The van der Waals surface area contributed by atoms with Gasteiger partial charge in [-0.05, 0) is 37.8 Å². The lowest BCUT2D eigenvalue weighted by Crippen LogP contribution is -2.43. The standard InChI is InChI=1S/C11H16N2O/c1-7-5-9(6-7)13-11(14)10-4-3-8(2)12-10/h3-4,7,9,12H,5-6H2,1-2H3,(H,13,14). The first-order valence-electron chi connectivity index (χ1n) is 5.11. The molecule has 1 saturated carbocycles. The molecule has 2 rings (SSSR count). The molecule has 14 heavy (non-hydrogen) atoms. The van der Waals surface area contributed by atoms with E-state index in [-0.39, 0.29) is 5.91 Å². The van der Waals surface area contributed by atoms with Crippen molar-refractivity contribution in [1.29, 1.82) is 0 Å². The number of carbonyl (C=O) groups is 1. The molecular weight excluding hydrogens is 176 g/mol. The summed E-state index contributed by atoms with van der Waals surface area (Å²) in [5.41, 5.74) is 1.69. The lowest BCUT2D eigenvalue weighted by Gasteiger charge is -2.33. The topological polar surface area (TPSA) is 44.9 Å². The number of aromatic amines is 1. The summed E-state index contributed by atoms with van der Waals surface area (Å²) in [6, 6.07) is 4.13. The molecule has 0 saturated heterocycles. The molecule has 0 atom stereocenters. The van der Waals surface area contributed by atoms with E-state index >= 15 is 0 Å². The van der Waals surface area contributed by atoms with Crippen LogP contribution in [0.3, 0.4) is 0 Å². The van der Waals surface area contributed by atoms with Crippen LogP contribution in [0.4, 0.5) is 0 Å². The normalized spacial score (nSPS) is 25.6. The quantitative estimate of drug-likeness (QED) is 0.738. The minimum absolute atomic E-state index is 0.0231. The summed E-state index contributed by atoms with van der Waals surface area (Å²) < 4.78 is 0. The van der Waals surface area contributed by atoms with E-state index in [1.807, 2.05) is 19.1 Å². The van der Waals surface area contributed by atoms with E-state index in [2.05, 4.69) is 17.2 Å². The van der Waals surface area contributed by atoms with E-state index in [0.717, 1.165) is 24.5 Å². The second-order valence-electron chi connectivity index (χ2n) is 4.30. The molecule has 0 spiro atoms. The van der Waals surface area contributed by atoms with Crippen molar-refractivity contribution in [3.8, 4) is 0 Å². The van der Waals surface area contributed by atoms with Gasteiger partial charge in [-0.25, -0.2) is 0 Å². The Labute approximate surface area is 83.9 Å². The van der Waals surface area contributed by atoms with Crippen LogP contribution < -0.4 is 5.32 Å². The van der Waals surface area contributed by atoms with Crippen LogP contribution in [-0.2, 0) is 0 Å². The number of hydrogen-bond acceptors (Lipinski definition) is 1. The minimum atomic E-state index is 0.0231. The number of H-pyrrole nitrogens is 1. The number of aryl methyl sites for hydroxylation is 1. The van der Waals surface area contributed by atoms with Crippen LogP contribution in [0.1, 0.15) is 35.9 Å². The molecule has 1 aliphatic carbocycles. The Morgan fingerprint density at radius 1 is 1.50 bits per heavy atom. The zero-order valence-electron chi connectivity index (χ0n) is 8.63. The van der Waals surface area contributed by atoms with Gasteiger partial charge >= 0.3 is 0 Å². The van der Waals surface area contributed by atoms with Crippen molar-refractivity contribution in [3.63, 3.8) is 0 Å². The van der Waals surface area contributed by atoms with Crippen molar-refractivity contribution in [1.82, 2.24) is 10.3 Å². The smallest absolute Gasteiger partial charge is 0.267 e. The lowest BCUT2D eigenvalue weighted by atomic mass is 9.82. The summed E-state index contributed by atoms with van der Waals surface area (Å²) in [4.78, 5) is 14.7. The maximum atomic E-state index is 11.6. The van der Waals surface area contributed by atoms with Gasteiger partial charge in [0.05, 0.1) is 0 Å². The van der Waals surface area contributed by atoms with Gasteiger partial charge in [-0.3, -0.25) is 4.79 Å². The highest BCUT2D eigenvalue weighted by molar-refractivity contribution is 5.92. The van der Waals surface area contributed by atoms with Gasteiger partial charge in [0, 0.05) is 11.7 Å². The third-order valence-electron chi connectivity index (χ3n) is 2.79. The minimum Gasteiger partial charge on any atom is -0.355 e. The molecule has 76 valence electrons. The molecule has 0 radical (unpaired) electrons. The van der Waals surface area contributed by atoms with Gasteiger partial charge in [0.2, 0.25) is 0 Å². The van der Waals surface area contributed by atoms with E-state index in [1.54, 1.807) is 0 Å². The van der Waals surface area contributed by atoms with Crippen LogP contribution >= 0.6 is 0 Å². The van der Waals surface area contributed by atoms with E-state index in [0.29, 0.717) is 11.7 Å². The zero-order chi connectivity index (χ0) is 10.1. The molecule has 0 aromatic carbocycles. The number of rotatable bonds is 2. The summed E-state index contributed by atoms with van der Waals surface area (Å²) in [6.07, 6.45) is 2.23. The van der Waals surface area contributed by atoms with Crippen molar-refractivity contribution >= 4 is 5.91 Å². The molecule has 1 heterocycles. The van der Waals surface area contributed by atoms with Crippen molar-refractivity contribution in [2.24, 2.45) is 5.92 Å². The van der Waals surface area contributed by atoms with Crippen LogP contribution in [0.25, 0.3) is 0 Å². The van der Waals surface area contributed by atoms with Gasteiger partial charge < -0.3 is 10.3 Å². The molecule has 1 fully saturated rings. The molecule has 1 aliphatic rings. The van der Waals surface area contributed by atoms with Crippen molar-refractivity contribution in [2.45, 2.75) is 32.7 Å². The van der Waals surface area contributed by atoms with Crippen LogP contribution in [0.5, 0.6) is 0 Å². The second-order valence-corrected chi connectivity index (χ2v) is 4.30. The average Bonchev–Trinajstić information content (AvgIpc) is 2.49. The number of amides is 1. The molecule has 0 unspecified atom stereocenters. The van der Waals surface area contributed by atoms with Crippen LogP contribution in [-0.4, -0.2) is 16.9 Å². The van der Waals surface area contributed by atoms with Gasteiger partial charge in [-0.1, -0.05) is 6.92 Å². The molecule has 3 heteroatoms. The van der Waals surface area contributed by atoms with Gasteiger partial charge in [0.1, 0.15) is 5.69 Å². The largest absolute Gasteiger partial charge is 0.355 e. The van der Waals surface area contributed by atoms with Gasteiger partial charge in [0.25, 0.3) is 5.91 Å². The second kappa shape index (κ2) is 3.48. The Balaban J connectivity index is 1.90. The summed E-state index contributed by atoms with van der Waals surface area (Å²) in [5.74, 6) is 0.792. The predicted octanol–water partition coefficient (Wildman–Crippen LogP) is 1.85. The molecule has 2 N–H and O–H groups in total. The van der Waals surface area contributed by atoms with Crippen molar-refractivity contribution in [2.75, 3.05) is 0 Å². The Morgan fingerprint density at radius 3 is 2.71 bits per heavy atom.